The molecule has 0 saturated carbocycles. The van der Waals surface area contributed by atoms with Crippen molar-refractivity contribution in [1.82, 2.24) is 9.38 Å². The van der Waals surface area contributed by atoms with Crippen LogP contribution >= 0.6 is 0 Å². The van der Waals surface area contributed by atoms with Crippen LogP contribution in [0.1, 0.15) is 29.4 Å². The summed E-state index contributed by atoms with van der Waals surface area (Å²) in [7, 11) is 0. The number of carbonyl (C=O) groups excluding carboxylic acids is 2. The van der Waals surface area contributed by atoms with Crippen molar-refractivity contribution < 1.29 is 19.1 Å². The molecule has 0 spiro atoms. The Balaban J connectivity index is 1.83. The van der Waals surface area contributed by atoms with Gasteiger partial charge in [-0.05, 0) is 37.6 Å². The normalized spacial score (nSPS) is 10.5. The van der Waals surface area contributed by atoms with Crippen LogP contribution in [-0.4, -0.2) is 27.9 Å². The molecule has 0 aliphatic rings. The first-order chi connectivity index (χ1) is 14.4. The SMILES string of the molecule is C#CCc1c(C)nc2c(OCc3c(C)cccc3NC(=O)COC(C)=O)cccn12. The molecule has 3 aromatic rings. The second-order valence-electron chi connectivity index (χ2n) is 6.81. The number of hydrogen-bond donors (Lipinski definition) is 1. The molecule has 154 valence electrons. The molecule has 3 rings (SSSR count). The monoisotopic (exact) mass is 405 g/mol. The van der Waals surface area contributed by atoms with E-state index in [0.717, 1.165) is 22.5 Å². The third-order valence-corrected chi connectivity index (χ3v) is 4.65. The number of fused-ring (bicyclic) bond motifs is 1. The minimum atomic E-state index is -0.509. The van der Waals surface area contributed by atoms with Crippen molar-refractivity contribution in [3.63, 3.8) is 0 Å². The standard InChI is InChI=1S/C23H23N3O4/c1-5-8-20-16(3)24-23-21(11-7-12-26(20)23)30-13-18-15(2)9-6-10-19(18)25-22(28)14-29-17(4)27/h1,6-7,9-12H,8,13-14H2,2-4H3,(H,25,28). The molecular formula is C23H23N3O4. The van der Waals surface area contributed by atoms with Crippen molar-refractivity contribution in [1.29, 1.82) is 0 Å². The van der Waals surface area contributed by atoms with E-state index in [1.165, 1.54) is 6.92 Å². The first kappa shape index (κ1) is 20.9. The van der Waals surface area contributed by atoms with Gasteiger partial charge in [-0.25, -0.2) is 4.98 Å². The molecule has 0 bridgehead atoms. The molecule has 0 aliphatic heterocycles. The average molecular weight is 405 g/mol. The molecule has 30 heavy (non-hydrogen) atoms. The summed E-state index contributed by atoms with van der Waals surface area (Å²) < 4.78 is 12.8. The Morgan fingerprint density at radius 3 is 2.77 bits per heavy atom. The molecule has 1 amide bonds. The predicted molar refractivity (Wildman–Crippen MR) is 113 cm³/mol. The highest BCUT2D eigenvalue weighted by Gasteiger charge is 2.14. The second kappa shape index (κ2) is 9.14. The average Bonchev–Trinajstić information content (AvgIpc) is 3.02. The Kier molecular flexibility index (Phi) is 6.38. The summed E-state index contributed by atoms with van der Waals surface area (Å²) in [6.07, 6.45) is 7.86. The summed E-state index contributed by atoms with van der Waals surface area (Å²) in [5.41, 5.74) is 4.88. The lowest BCUT2D eigenvalue weighted by Gasteiger charge is -2.15. The zero-order valence-corrected chi connectivity index (χ0v) is 17.2. The number of nitrogens with one attached hydrogen (secondary N) is 1. The zero-order chi connectivity index (χ0) is 21.7. The molecule has 0 fully saturated rings. The number of aromatic nitrogens is 2. The maximum Gasteiger partial charge on any atom is 0.303 e. The summed E-state index contributed by atoms with van der Waals surface area (Å²) in [5.74, 6) is 2.35. The number of pyridine rings is 1. The topological polar surface area (TPSA) is 81.9 Å². The first-order valence-electron chi connectivity index (χ1n) is 9.45. The number of nitrogens with zero attached hydrogens (tertiary/aromatic N) is 2. The smallest absolute Gasteiger partial charge is 0.303 e. The molecule has 2 heterocycles. The first-order valence-corrected chi connectivity index (χ1v) is 9.45. The van der Waals surface area contributed by atoms with E-state index in [1.807, 2.05) is 48.7 Å². The molecule has 0 unspecified atom stereocenters. The molecule has 0 saturated heterocycles. The van der Waals surface area contributed by atoms with Crippen LogP contribution in [-0.2, 0) is 27.4 Å². The fraction of sp³-hybridized carbons (Fsp3) is 0.261. The minimum Gasteiger partial charge on any atom is -0.485 e. The van der Waals surface area contributed by atoms with Crippen molar-refractivity contribution in [2.75, 3.05) is 11.9 Å². The van der Waals surface area contributed by atoms with Gasteiger partial charge in [-0.3, -0.25) is 14.0 Å². The second-order valence-corrected chi connectivity index (χ2v) is 6.81. The van der Waals surface area contributed by atoms with Gasteiger partial charge in [0.05, 0.1) is 17.8 Å². The van der Waals surface area contributed by atoms with Crippen molar-refractivity contribution in [2.24, 2.45) is 0 Å². The fourth-order valence-corrected chi connectivity index (χ4v) is 3.14. The number of carbonyl (C=O) groups is 2. The number of imidazole rings is 1. The number of amides is 1. The van der Waals surface area contributed by atoms with E-state index in [0.29, 0.717) is 23.5 Å². The van der Waals surface area contributed by atoms with E-state index in [2.05, 4.69) is 16.2 Å². The van der Waals surface area contributed by atoms with Crippen molar-refractivity contribution in [3.8, 4) is 18.1 Å². The third kappa shape index (κ3) is 4.61. The number of benzene rings is 1. The van der Waals surface area contributed by atoms with Gasteiger partial charge in [0, 0.05) is 24.4 Å². The quantitative estimate of drug-likeness (QED) is 0.482. The van der Waals surface area contributed by atoms with Gasteiger partial charge in [0.25, 0.3) is 5.91 Å². The molecule has 0 atom stereocenters. The number of hydrogen-bond acceptors (Lipinski definition) is 5. The van der Waals surface area contributed by atoms with E-state index in [-0.39, 0.29) is 13.2 Å². The molecule has 0 aliphatic carbocycles. The van der Waals surface area contributed by atoms with Crippen LogP contribution in [0.5, 0.6) is 5.75 Å². The minimum absolute atomic E-state index is 0.228. The van der Waals surface area contributed by atoms with Gasteiger partial charge in [-0.15, -0.1) is 12.3 Å². The molecule has 7 nitrogen and oxygen atoms in total. The van der Waals surface area contributed by atoms with E-state index in [1.54, 1.807) is 6.07 Å². The van der Waals surface area contributed by atoms with Crippen LogP contribution in [0.4, 0.5) is 5.69 Å². The van der Waals surface area contributed by atoms with Gasteiger partial charge >= 0.3 is 5.97 Å². The Bertz CT molecular complexity index is 1140. The van der Waals surface area contributed by atoms with Crippen LogP contribution in [0.25, 0.3) is 5.65 Å². The third-order valence-electron chi connectivity index (χ3n) is 4.65. The Morgan fingerprint density at radius 2 is 2.03 bits per heavy atom. The number of terminal acetylenes is 1. The highest BCUT2D eigenvalue weighted by Crippen LogP contribution is 2.26. The summed E-state index contributed by atoms with van der Waals surface area (Å²) in [6.45, 7) is 5.00. The maximum absolute atomic E-state index is 12.1. The van der Waals surface area contributed by atoms with Crippen LogP contribution < -0.4 is 10.1 Å². The summed E-state index contributed by atoms with van der Waals surface area (Å²) in [4.78, 5) is 27.6. The van der Waals surface area contributed by atoms with Gasteiger partial charge in [0.15, 0.2) is 18.0 Å². The maximum atomic E-state index is 12.1. The Morgan fingerprint density at radius 1 is 1.23 bits per heavy atom. The fourth-order valence-electron chi connectivity index (χ4n) is 3.14. The molecule has 7 heteroatoms. The van der Waals surface area contributed by atoms with E-state index in [9.17, 15) is 9.59 Å². The van der Waals surface area contributed by atoms with Gasteiger partial charge in [0.2, 0.25) is 0 Å². The number of esters is 1. The molecular weight excluding hydrogens is 382 g/mol. The number of aryl methyl sites for hydroxylation is 2. The van der Waals surface area contributed by atoms with Crippen molar-refractivity contribution >= 4 is 23.2 Å². The van der Waals surface area contributed by atoms with Crippen LogP contribution in [0.3, 0.4) is 0 Å². The largest absolute Gasteiger partial charge is 0.485 e. The lowest BCUT2D eigenvalue weighted by molar-refractivity contribution is -0.144. The van der Waals surface area contributed by atoms with Crippen LogP contribution in [0, 0.1) is 26.2 Å². The van der Waals surface area contributed by atoms with Gasteiger partial charge in [0.1, 0.15) is 6.61 Å². The van der Waals surface area contributed by atoms with E-state index >= 15 is 0 Å². The Hall–Kier alpha value is -3.79. The highest BCUT2D eigenvalue weighted by molar-refractivity contribution is 5.93. The van der Waals surface area contributed by atoms with E-state index < -0.39 is 11.9 Å². The van der Waals surface area contributed by atoms with Gasteiger partial charge < -0.3 is 14.8 Å². The van der Waals surface area contributed by atoms with Crippen molar-refractivity contribution in [2.45, 2.75) is 33.8 Å². The van der Waals surface area contributed by atoms with Crippen LogP contribution in [0.15, 0.2) is 36.5 Å². The predicted octanol–water partition coefficient (Wildman–Crippen LogP) is 3.21. The molecule has 2 aromatic heterocycles. The Labute approximate surface area is 175 Å². The summed E-state index contributed by atoms with van der Waals surface area (Å²) in [6, 6.07) is 9.28. The highest BCUT2D eigenvalue weighted by atomic mass is 16.5. The lowest BCUT2D eigenvalue weighted by atomic mass is 10.1. The molecule has 1 aromatic carbocycles. The van der Waals surface area contributed by atoms with Crippen LogP contribution in [0.2, 0.25) is 0 Å². The zero-order valence-electron chi connectivity index (χ0n) is 17.2. The lowest BCUT2D eigenvalue weighted by Crippen LogP contribution is -2.21. The van der Waals surface area contributed by atoms with Gasteiger partial charge in [-0.1, -0.05) is 12.1 Å². The van der Waals surface area contributed by atoms with Crippen molar-refractivity contribution in [3.05, 3.63) is 59.0 Å². The molecule has 1 N–H and O–H groups in total. The summed E-state index contributed by atoms with van der Waals surface area (Å²) >= 11 is 0. The van der Waals surface area contributed by atoms with E-state index in [4.69, 9.17) is 15.9 Å². The number of ether oxygens (including phenoxy) is 2. The summed E-state index contributed by atoms with van der Waals surface area (Å²) in [5, 5.41) is 2.77. The number of anilines is 1. The molecule has 0 radical (unpaired) electrons. The van der Waals surface area contributed by atoms with Gasteiger partial charge in [-0.2, -0.15) is 0 Å². The number of rotatable bonds is 7.